The van der Waals surface area contributed by atoms with Gasteiger partial charge in [0, 0.05) is 12.2 Å². The maximum atomic E-state index is 12.2. The first-order valence-electron chi connectivity index (χ1n) is 8.41. The van der Waals surface area contributed by atoms with Crippen LogP contribution < -0.4 is 19.5 Å². The zero-order chi connectivity index (χ0) is 19.2. The second-order valence-corrected chi connectivity index (χ2v) is 6.10. The third kappa shape index (κ3) is 5.55. The predicted molar refractivity (Wildman–Crippen MR) is 95.5 cm³/mol. The van der Waals surface area contributed by atoms with Gasteiger partial charge in [0.2, 0.25) is 5.91 Å². The average Bonchev–Trinajstić information content (AvgIpc) is 2.62. The van der Waals surface area contributed by atoms with Crippen LogP contribution in [0.15, 0.2) is 42.5 Å². The van der Waals surface area contributed by atoms with E-state index in [2.05, 4.69) is 10.1 Å². The van der Waals surface area contributed by atoms with Crippen molar-refractivity contribution in [2.75, 3.05) is 32.1 Å². The molecule has 1 aliphatic rings. The van der Waals surface area contributed by atoms with Crippen LogP contribution in [0.1, 0.15) is 5.56 Å². The molecule has 27 heavy (non-hydrogen) atoms. The van der Waals surface area contributed by atoms with E-state index in [9.17, 15) is 13.6 Å². The Hall–Kier alpha value is -2.87. The first kappa shape index (κ1) is 18.9. The summed E-state index contributed by atoms with van der Waals surface area (Å²) in [7, 11) is 1.83. The van der Waals surface area contributed by atoms with Crippen molar-refractivity contribution in [1.82, 2.24) is 4.90 Å². The van der Waals surface area contributed by atoms with E-state index in [0.717, 1.165) is 11.3 Å². The van der Waals surface area contributed by atoms with Crippen LogP contribution >= 0.6 is 0 Å². The van der Waals surface area contributed by atoms with Crippen LogP contribution in [0.25, 0.3) is 0 Å². The second-order valence-electron chi connectivity index (χ2n) is 6.10. The minimum atomic E-state index is -2.88. The zero-order valence-electron chi connectivity index (χ0n) is 14.8. The summed E-state index contributed by atoms with van der Waals surface area (Å²) in [6, 6.07) is 11.5. The molecule has 1 heterocycles. The standard InChI is InChI=1S/C19H20F2N2O4/c1-23(11-13-2-7-16-17(10-13)26-9-8-25-16)12-18(24)22-14-3-5-15(6-4-14)27-19(20)21/h2-7,10,19H,8-9,11-12H2,1H3,(H,22,24). The van der Waals surface area contributed by atoms with Crippen molar-refractivity contribution in [2.24, 2.45) is 0 Å². The molecule has 0 aromatic heterocycles. The topological polar surface area (TPSA) is 60.0 Å². The Kier molecular flexibility index (Phi) is 6.08. The molecule has 1 amide bonds. The van der Waals surface area contributed by atoms with E-state index in [-0.39, 0.29) is 18.2 Å². The minimum absolute atomic E-state index is 0.0405. The molecule has 0 aliphatic carbocycles. The van der Waals surface area contributed by atoms with Gasteiger partial charge in [-0.15, -0.1) is 0 Å². The summed E-state index contributed by atoms with van der Waals surface area (Å²) < 4.78 is 39.6. The van der Waals surface area contributed by atoms with Crippen molar-refractivity contribution in [3.63, 3.8) is 0 Å². The lowest BCUT2D eigenvalue weighted by Crippen LogP contribution is -2.29. The molecule has 2 aromatic rings. The molecule has 3 rings (SSSR count). The molecule has 0 spiro atoms. The Bertz CT molecular complexity index is 784. The third-order valence-electron chi connectivity index (χ3n) is 3.84. The van der Waals surface area contributed by atoms with Gasteiger partial charge in [0.15, 0.2) is 11.5 Å². The fourth-order valence-electron chi connectivity index (χ4n) is 2.72. The smallest absolute Gasteiger partial charge is 0.387 e. The molecule has 6 nitrogen and oxygen atoms in total. The first-order valence-corrected chi connectivity index (χ1v) is 8.41. The number of hydrogen-bond donors (Lipinski definition) is 1. The number of nitrogens with one attached hydrogen (secondary N) is 1. The Balaban J connectivity index is 1.50. The van der Waals surface area contributed by atoms with E-state index < -0.39 is 6.61 Å². The molecule has 1 N–H and O–H groups in total. The van der Waals surface area contributed by atoms with Crippen LogP contribution in [0.5, 0.6) is 17.2 Å². The van der Waals surface area contributed by atoms with Gasteiger partial charge in [0.05, 0.1) is 6.54 Å². The summed E-state index contributed by atoms with van der Waals surface area (Å²) in [5.41, 5.74) is 1.51. The summed E-state index contributed by atoms with van der Waals surface area (Å²) in [5, 5.41) is 2.72. The Morgan fingerprint density at radius 2 is 1.85 bits per heavy atom. The number of likely N-dealkylation sites (N-methyl/N-ethyl adjacent to an activating group) is 1. The van der Waals surface area contributed by atoms with E-state index in [1.54, 1.807) is 0 Å². The Morgan fingerprint density at radius 1 is 1.15 bits per heavy atom. The Morgan fingerprint density at radius 3 is 2.56 bits per heavy atom. The molecular formula is C19H20F2N2O4. The van der Waals surface area contributed by atoms with E-state index in [4.69, 9.17) is 9.47 Å². The molecule has 0 saturated heterocycles. The molecule has 0 atom stereocenters. The van der Waals surface area contributed by atoms with Crippen LogP contribution in [0.3, 0.4) is 0 Å². The number of halogens is 2. The fourth-order valence-corrected chi connectivity index (χ4v) is 2.72. The highest BCUT2D eigenvalue weighted by molar-refractivity contribution is 5.92. The van der Waals surface area contributed by atoms with Gasteiger partial charge in [-0.3, -0.25) is 9.69 Å². The highest BCUT2D eigenvalue weighted by atomic mass is 19.3. The fraction of sp³-hybridized carbons (Fsp3) is 0.316. The summed E-state index contributed by atoms with van der Waals surface area (Å²) in [4.78, 5) is 14.0. The monoisotopic (exact) mass is 378 g/mol. The number of hydrogen-bond acceptors (Lipinski definition) is 5. The second kappa shape index (κ2) is 8.68. The lowest BCUT2D eigenvalue weighted by molar-refractivity contribution is -0.117. The highest BCUT2D eigenvalue weighted by Gasteiger charge is 2.13. The number of anilines is 1. The summed E-state index contributed by atoms with van der Waals surface area (Å²) >= 11 is 0. The van der Waals surface area contributed by atoms with E-state index in [1.165, 1.54) is 24.3 Å². The van der Waals surface area contributed by atoms with Crippen molar-refractivity contribution in [3.8, 4) is 17.2 Å². The van der Waals surface area contributed by atoms with Crippen LogP contribution in [0, 0.1) is 0 Å². The number of nitrogens with zero attached hydrogens (tertiary/aromatic N) is 1. The van der Waals surface area contributed by atoms with E-state index >= 15 is 0 Å². The van der Waals surface area contributed by atoms with Gasteiger partial charge in [-0.2, -0.15) is 8.78 Å². The van der Waals surface area contributed by atoms with Gasteiger partial charge in [0.1, 0.15) is 19.0 Å². The average molecular weight is 378 g/mol. The molecule has 0 fully saturated rings. The van der Waals surface area contributed by atoms with Gasteiger partial charge in [0.25, 0.3) is 0 Å². The largest absolute Gasteiger partial charge is 0.486 e. The maximum Gasteiger partial charge on any atom is 0.387 e. The third-order valence-corrected chi connectivity index (χ3v) is 3.84. The van der Waals surface area contributed by atoms with Crippen molar-refractivity contribution >= 4 is 11.6 Å². The number of fused-ring (bicyclic) bond motifs is 1. The summed E-state index contributed by atoms with van der Waals surface area (Å²) in [5.74, 6) is 1.27. The summed E-state index contributed by atoms with van der Waals surface area (Å²) in [6.07, 6.45) is 0. The molecule has 144 valence electrons. The van der Waals surface area contributed by atoms with Gasteiger partial charge in [-0.05, 0) is 49.0 Å². The quantitative estimate of drug-likeness (QED) is 0.802. The van der Waals surface area contributed by atoms with Gasteiger partial charge in [-0.25, -0.2) is 0 Å². The van der Waals surface area contributed by atoms with Crippen LogP contribution in [-0.2, 0) is 11.3 Å². The van der Waals surface area contributed by atoms with Gasteiger partial charge in [-0.1, -0.05) is 6.07 Å². The number of ether oxygens (including phenoxy) is 3. The van der Waals surface area contributed by atoms with Crippen LogP contribution in [0.4, 0.5) is 14.5 Å². The molecule has 0 radical (unpaired) electrons. The van der Waals surface area contributed by atoms with Crippen LogP contribution in [0.2, 0.25) is 0 Å². The lowest BCUT2D eigenvalue weighted by atomic mass is 10.2. The number of carbonyl (C=O) groups excluding carboxylic acids is 1. The number of benzene rings is 2. The maximum absolute atomic E-state index is 12.2. The molecule has 0 unspecified atom stereocenters. The van der Waals surface area contributed by atoms with Gasteiger partial charge >= 0.3 is 6.61 Å². The molecule has 8 heteroatoms. The molecule has 2 aromatic carbocycles. The minimum Gasteiger partial charge on any atom is -0.486 e. The normalized spacial score (nSPS) is 12.9. The number of rotatable bonds is 7. The Labute approximate surface area is 155 Å². The molecule has 0 bridgehead atoms. The van der Waals surface area contributed by atoms with Gasteiger partial charge < -0.3 is 19.5 Å². The molecule has 0 saturated carbocycles. The molecular weight excluding hydrogens is 358 g/mol. The van der Waals surface area contributed by atoms with E-state index in [1.807, 2.05) is 30.1 Å². The number of alkyl halides is 2. The van der Waals surface area contributed by atoms with Crippen molar-refractivity contribution in [2.45, 2.75) is 13.2 Å². The highest BCUT2D eigenvalue weighted by Crippen LogP contribution is 2.31. The number of amides is 1. The summed E-state index contributed by atoms with van der Waals surface area (Å²) in [6.45, 7) is -1.08. The van der Waals surface area contributed by atoms with Crippen LogP contribution in [-0.4, -0.2) is 44.2 Å². The molecule has 1 aliphatic heterocycles. The van der Waals surface area contributed by atoms with Crippen molar-refractivity contribution < 1.29 is 27.8 Å². The number of carbonyl (C=O) groups is 1. The lowest BCUT2D eigenvalue weighted by Gasteiger charge is -2.21. The first-order chi connectivity index (χ1) is 13.0. The predicted octanol–water partition coefficient (Wildman–Crippen LogP) is 3.13. The SMILES string of the molecule is CN(CC(=O)Nc1ccc(OC(F)F)cc1)Cc1ccc2c(c1)OCCO2. The van der Waals surface area contributed by atoms with E-state index in [0.29, 0.717) is 31.2 Å². The van der Waals surface area contributed by atoms with Crippen molar-refractivity contribution in [3.05, 3.63) is 48.0 Å². The zero-order valence-corrected chi connectivity index (χ0v) is 14.8. The van der Waals surface area contributed by atoms with Crippen molar-refractivity contribution in [1.29, 1.82) is 0 Å².